The zero-order chi connectivity index (χ0) is 18.6. The normalized spacial score (nSPS) is 11.3. The molecule has 1 amide bonds. The first-order chi connectivity index (χ1) is 12.4. The minimum atomic E-state index is -3.37. The molecule has 1 aromatic carbocycles. The number of hydrogen-bond acceptors (Lipinski definition) is 5. The van der Waals surface area contributed by atoms with Crippen LogP contribution in [-0.2, 0) is 22.8 Å². The predicted molar refractivity (Wildman–Crippen MR) is 97.7 cm³/mol. The van der Waals surface area contributed by atoms with Crippen LogP contribution in [0.2, 0.25) is 0 Å². The Bertz CT molecular complexity index is 1010. The Hall–Kier alpha value is -3.00. The van der Waals surface area contributed by atoms with Gasteiger partial charge in [-0.25, -0.2) is 8.42 Å². The SMILES string of the molecule is CS(=O)(=O)c1cccc(C(=O)Nc2ccn(CCc3ccccn3)n2)c1. The number of carbonyl (C=O) groups excluding carboxylic acids is 1. The summed E-state index contributed by atoms with van der Waals surface area (Å²) >= 11 is 0. The summed E-state index contributed by atoms with van der Waals surface area (Å²) in [4.78, 5) is 16.7. The lowest BCUT2D eigenvalue weighted by molar-refractivity contribution is 0.102. The van der Waals surface area contributed by atoms with E-state index < -0.39 is 15.7 Å². The molecule has 26 heavy (non-hydrogen) atoms. The molecule has 3 aromatic rings. The van der Waals surface area contributed by atoms with E-state index in [1.807, 2.05) is 18.2 Å². The van der Waals surface area contributed by atoms with Gasteiger partial charge in [0.15, 0.2) is 15.7 Å². The van der Waals surface area contributed by atoms with E-state index >= 15 is 0 Å². The number of nitrogens with zero attached hydrogens (tertiary/aromatic N) is 3. The Morgan fingerprint density at radius 1 is 1.15 bits per heavy atom. The van der Waals surface area contributed by atoms with Crippen LogP contribution in [0.25, 0.3) is 0 Å². The van der Waals surface area contributed by atoms with Crippen molar-refractivity contribution in [3.05, 3.63) is 72.2 Å². The summed E-state index contributed by atoms with van der Waals surface area (Å²) in [5, 5.41) is 6.97. The number of aromatic nitrogens is 3. The maximum atomic E-state index is 12.3. The first-order valence-electron chi connectivity index (χ1n) is 7.97. The van der Waals surface area contributed by atoms with Crippen LogP contribution >= 0.6 is 0 Å². The molecule has 0 aliphatic rings. The molecule has 8 heteroatoms. The van der Waals surface area contributed by atoms with Crippen LogP contribution in [0.5, 0.6) is 0 Å². The van der Waals surface area contributed by atoms with Crippen molar-refractivity contribution in [2.24, 2.45) is 0 Å². The Balaban J connectivity index is 1.64. The van der Waals surface area contributed by atoms with Crippen LogP contribution in [0, 0.1) is 0 Å². The molecule has 0 aliphatic carbocycles. The minimum absolute atomic E-state index is 0.103. The fourth-order valence-corrected chi connectivity index (χ4v) is 3.05. The van der Waals surface area contributed by atoms with Gasteiger partial charge in [-0.15, -0.1) is 0 Å². The molecule has 1 N–H and O–H groups in total. The molecular weight excluding hydrogens is 352 g/mol. The second-order valence-electron chi connectivity index (χ2n) is 5.79. The molecule has 2 aromatic heterocycles. The number of carbonyl (C=O) groups is 1. The number of rotatable bonds is 6. The number of sulfone groups is 1. The average molecular weight is 370 g/mol. The third kappa shape index (κ3) is 4.54. The van der Waals surface area contributed by atoms with Crippen molar-refractivity contribution in [2.45, 2.75) is 17.9 Å². The zero-order valence-electron chi connectivity index (χ0n) is 14.2. The van der Waals surface area contributed by atoms with Crippen LogP contribution in [0.1, 0.15) is 16.1 Å². The van der Waals surface area contributed by atoms with Gasteiger partial charge in [0.25, 0.3) is 5.91 Å². The lowest BCUT2D eigenvalue weighted by Gasteiger charge is -2.04. The van der Waals surface area contributed by atoms with Gasteiger partial charge in [0.05, 0.1) is 4.90 Å². The Labute approximate surface area is 151 Å². The van der Waals surface area contributed by atoms with Gasteiger partial charge in [0.2, 0.25) is 0 Å². The summed E-state index contributed by atoms with van der Waals surface area (Å²) in [5.74, 6) is -0.00810. The summed E-state index contributed by atoms with van der Waals surface area (Å²) in [7, 11) is -3.37. The molecule has 3 rings (SSSR count). The molecule has 0 bridgehead atoms. The maximum Gasteiger partial charge on any atom is 0.256 e. The Kier molecular flexibility index (Phi) is 5.13. The van der Waals surface area contributed by atoms with Crippen molar-refractivity contribution >= 4 is 21.6 Å². The first-order valence-corrected chi connectivity index (χ1v) is 9.86. The number of pyridine rings is 1. The summed E-state index contributed by atoms with van der Waals surface area (Å²) in [6.45, 7) is 0.635. The van der Waals surface area contributed by atoms with Gasteiger partial charge in [-0.1, -0.05) is 12.1 Å². The second-order valence-corrected chi connectivity index (χ2v) is 7.80. The highest BCUT2D eigenvalue weighted by Crippen LogP contribution is 2.13. The van der Waals surface area contributed by atoms with Crippen molar-refractivity contribution < 1.29 is 13.2 Å². The molecule has 7 nitrogen and oxygen atoms in total. The highest BCUT2D eigenvalue weighted by Gasteiger charge is 2.12. The van der Waals surface area contributed by atoms with Crippen LogP contribution < -0.4 is 5.32 Å². The Morgan fingerprint density at radius 3 is 2.73 bits per heavy atom. The molecule has 0 unspecified atom stereocenters. The molecule has 0 saturated carbocycles. The summed E-state index contributed by atoms with van der Waals surface area (Å²) < 4.78 is 24.9. The van der Waals surface area contributed by atoms with Gasteiger partial charge < -0.3 is 5.32 Å². The summed E-state index contributed by atoms with van der Waals surface area (Å²) in [6, 6.07) is 13.3. The highest BCUT2D eigenvalue weighted by atomic mass is 32.2. The smallest absolute Gasteiger partial charge is 0.256 e. The fraction of sp³-hybridized carbons (Fsp3) is 0.167. The lowest BCUT2D eigenvalue weighted by atomic mass is 10.2. The van der Waals surface area contributed by atoms with Gasteiger partial charge in [-0.05, 0) is 30.3 Å². The van der Waals surface area contributed by atoms with Crippen LogP contribution in [-0.4, -0.2) is 35.3 Å². The second kappa shape index (κ2) is 7.49. The molecule has 0 atom stereocenters. The quantitative estimate of drug-likeness (QED) is 0.718. The van der Waals surface area contributed by atoms with Crippen molar-refractivity contribution in [1.29, 1.82) is 0 Å². The lowest BCUT2D eigenvalue weighted by Crippen LogP contribution is -2.13. The molecular formula is C18H18N4O3S. The average Bonchev–Trinajstić information content (AvgIpc) is 3.07. The molecule has 134 valence electrons. The molecule has 0 spiro atoms. The van der Waals surface area contributed by atoms with E-state index in [0.29, 0.717) is 12.4 Å². The van der Waals surface area contributed by atoms with Crippen LogP contribution in [0.15, 0.2) is 65.8 Å². The van der Waals surface area contributed by atoms with E-state index in [2.05, 4.69) is 15.4 Å². The fourth-order valence-electron chi connectivity index (χ4n) is 2.38. The van der Waals surface area contributed by atoms with Crippen molar-refractivity contribution in [3.8, 4) is 0 Å². The molecule has 0 saturated heterocycles. The van der Waals surface area contributed by atoms with Crippen molar-refractivity contribution in [3.63, 3.8) is 0 Å². The maximum absolute atomic E-state index is 12.3. The van der Waals surface area contributed by atoms with Gasteiger partial charge in [-0.3, -0.25) is 14.5 Å². The molecule has 0 aliphatic heterocycles. The Morgan fingerprint density at radius 2 is 2.00 bits per heavy atom. The number of nitrogens with one attached hydrogen (secondary N) is 1. The van der Waals surface area contributed by atoms with Gasteiger partial charge in [-0.2, -0.15) is 5.10 Å². The van der Waals surface area contributed by atoms with E-state index in [-0.39, 0.29) is 10.5 Å². The summed E-state index contributed by atoms with van der Waals surface area (Å²) in [6.07, 6.45) is 5.35. The number of anilines is 1. The predicted octanol–water partition coefficient (Wildman–Crippen LogP) is 2.18. The first kappa shape index (κ1) is 17.8. The highest BCUT2D eigenvalue weighted by molar-refractivity contribution is 7.90. The molecule has 2 heterocycles. The number of hydrogen-bond donors (Lipinski definition) is 1. The largest absolute Gasteiger partial charge is 0.305 e. The standard InChI is InChI=1S/C18H18N4O3S/c1-26(24,25)16-7-4-5-14(13-16)18(23)20-17-9-12-22(21-17)11-8-15-6-2-3-10-19-15/h2-7,9-10,12-13H,8,11H2,1H3,(H,20,21,23). The molecule has 0 radical (unpaired) electrons. The van der Waals surface area contributed by atoms with E-state index in [0.717, 1.165) is 18.4 Å². The third-order valence-corrected chi connectivity index (χ3v) is 4.84. The topological polar surface area (TPSA) is 94.0 Å². The van der Waals surface area contributed by atoms with E-state index in [1.54, 1.807) is 29.2 Å². The minimum Gasteiger partial charge on any atom is -0.305 e. The van der Waals surface area contributed by atoms with Crippen molar-refractivity contribution in [2.75, 3.05) is 11.6 Å². The monoisotopic (exact) mass is 370 g/mol. The van der Waals surface area contributed by atoms with Gasteiger partial charge in [0, 0.05) is 48.9 Å². The van der Waals surface area contributed by atoms with Crippen LogP contribution in [0.4, 0.5) is 5.82 Å². The number of aryl methyl sites for hydroxylation is 2. The third-order valence-electron chi connectivity index (χ3n) is 3.73. The van der Waals surface area contributed by atoms with E-state index in [9.17, 15) is 13.2 Å². The van der Waals surface area contributed by atoms with E-state index in [4.69, 9.17) is 0 Å². The number of amides is 1. The molecule has 0 fully saturated rings. The van der Waals surface area contributed by atoms with Gasteiger partial charge >= 0.3 is 0 Å². The zero-order valence-corrected chi connectivity index (χ0v) is 15.0. The van der Waals surface area contributed by atoms with Crippen LogP contribution in [0.3, 0.4) is 0 Å². The van der Waals surface area contributed by atoms with Crippen molar-refractivity contribution in [1.82, 2.24) is 14.8 Å². The van der Waals surface area contributed by atoms with E-state index in [1.165, 1.54) is 18.2 Å². The summed E-state index contributed by atoms with van der Waals surface area (Å²) in [5.41, 5.74) is 1.22. The van der Waals surface area contributed by atoms with Gasteiger partial charge in [0.1, 0.15) is 0 Å². The number of benzene rings is 1.